The number of anilines is 1. The molecule has 0 amide bonds. The fourth-order valence-corrected chi connectivity index (χ4v) is 3.18. The van der Waals surface area contributed by atoms with Crippen LogP contribution in [0.5, 0.6) is 0 Å². The first-order valence-electron chi connectivity index (χ1n) is 7.24. The lowest BCUT2D eigenvalue weighted by atomic mass is 9.97. The van der Waals surface area contributed by atoms with Gasteiger partial charge in [0.2, 0.25) is 10.0 Å². The van der Waals surface area contributed by atoms with Gasteiger partial charge in [-0.3, -0.25) is 0 Å². The van der Waals surface area contributed by atoms with Crippen LogP contribution in [-0.2, 0) is 10.0 Å². The van der Waals surface area contributed by atoms with Gasteiger partial charge < -0.3 is 4.90 Å². The first kappa shape index (κ1) is 16.2. The Bertz CT molecular complexity index is 575. The van der Waals surface area contributed by atoms with Gasteiger partial charge in [-0.15, -0.1) is 0 Å². The molecule has 0 saturated carbocycles. The van der Waals surface area contributed by atoms with Crippen molar-refractivity contribution < 1.29 is 8.42 Å². The van der Waals surface area contributed by atoms with Gasteiger partial charge in [0.15, 0.2) is 0 Å². The topological polar surface area (TPSA) is 66.4 Å². The normalized spacial score (nSPS) is 17.5. The van der Waals surface area contributed by atoms with Crippen LogP contribution in [0.2, 0.25) is 0 Å². The lowest BCUT2D eigenvalue weighted by molar-refractivity contribution is 0.328. The van der Waals surface area contributed by atoms with Gasteiger partial charge in [0, 0.05) is 38.4 Å². The van der Waals surface area contributed by atoms with E-state index in [1.807, 2.05) is 19.9 Å². The average molecular weight is 312 g/mol. The molecule has 1 fully saturated rings. The molecule has 0 radical (unpaired) electrons. The molecule has 0 N–H and O–H groups in total. The fraction of sp³-hybridized carbons (Fsp3) is 0.714. The molecule has 0 unspecified atom stereocenters. The summed E-state index contributed by atoms with van der Waals surface area (Å²) >= 11 is 0. The van der Waals surface area contributed by atoms with Crippen molar-refractivity contribution in [3.05, 3.63) is 17.6 Å². The number of rotatable bonds is 4. The van der Waals surface area contributed by atoms with Crippen LogP contribution >= 0.6 is 0 Å². The van der Waals surface area contributed by atoms with Crippen molar-refractivity contribution in [3.63, 3.8) is 0 Å². The molecule has 1 aromatic rings. The van der Waals surface area contributed by atoms with Crippen molar-refractivity contribution in [2.24, 2.45) is 5.92 Å². The second kappa shape index (κ2) is 6.27. The Morgan fingerprint density at radius 2 is 1.90 bits per heavy atom. The van der Waals surface area contributed by atoms with Crippen LogP contribution in [-0.4, -0.2) is 55.6 Å². The monoisotopic (exact) mass is 312 g/mol. The van der Waals surface area contributed by atoms with Crippen LogP contribution in [0.15, 0.2) is 6.07 Å². The number of nitrogens with zero attached hydrogens (tertiary/aromatic N) is 4. The van der Waals surface area contributed by atoms with Gasteiger partial charge >= 0.3 is 0 Å². The molecule has 0 atom stereocenters. The van der Waals surface area contributed by atoms with Gasteiger partial charge in [-0.05, 0) is 32.6 Å². The molecule has 1 aliphatic rings. The quantitative estimate of drug-likeness (QED) is 0.836. The zero-order valence-corrected chi connectivity index (χ0v) is 14.0. The molecule has 1 saturated heterocycles. The molecule has 1 aromatic heterocycles. The number of hydrogen-bond donors (Lipinski definition) is 0. The lowest BCUT2D eigenvalue weighted by Crippen LogP contribution is -2.39. The van der Waals surface area contributed by atoms with E-state index in [9.17, 15) is 8.42 Å². The van der Waals surface area contributed by atoms with Crippen molar-refractivity contribution >= 4 is 15.8 Å². The molecule has 2 heterocycles. The maximum Gasteiger partial charge on any atom is 0.210 e. The van der Waals surface area contributed by atoms with Crippen molar-refractivity contribution in [3.8, 4) is 0 Å². The molecule has 21 heavy (non-hydrogen) atoms. The Morgan fingerprint density at radius 3 is 2.43 bits per heavy atom. The largest absolute Gasteiger partial charge is 0.356 e. The molecule has 6 nitrogen and oxygen atoms in total. The van der Waals surface area contributed by atoms with Gasteiger partial charge in [-0.2, -0.15) is 0 Å². The van der Waals surface area contributed by atoms with Crippen molar-refractivity contribution in [1.29, 1.82) is 0 Å². The van der Waals surface area contributed by atoms with Gasteiger partial charge in [0.25, 0.3) is 0 Å². The highest BCUT2D eigenvalue weighted by atomic mass is 32.2. The third-order valence-corrected chi connectivity index (χ3v) is 5.25. The van der Waals surface area contributed by atoms with E-state index in [1.54, 1.807) is 7.05 Å². The van der Waals surface area contributed by atoms with E-state index >= 15 is 0 Å². The van der Waals surface area contributed by atoms with E-state index in [-0.39, 0.29) is 0 Å². The number of sulfonamides is 1. The third-order valence-electron chi connectivity index (χ3n) is 3.97. The number of aryl methyl sites for hydroxylation is 2. The smallest absolute Gasteiger partial charge is 0.210 e. The predicted octanol–water partition coefficient (Wildman–Crippen LogP) is 1.20. The molecule has 0 aliphatic carbocycles. The zero-order valence-electron chi connectivity index (χ0n) is 13.2. The van der Waals surface area contributed by atoms with Gasteiger partial charge in [0.05, 0.1) is 6.26 Å². The summed E-state index contributed by atoms with van der Waals surface area (Å²) in [6, 6.07) is 2.01. The van der Waals surface area contributed by atoms with Crippen LogP contribution in [0, 0.1) is 19.8 Å². The van der Waals surface area contributed by atoms with E-state index in [1.165, 1.54) is 10.6 Å². The van der Waals surface area contributed by atoms with E-state index in [4.69, 9.17) is 0 Å². The molecule has 0 aromatic carbocycles. The number of hydrogen-bond acceptors (Lipinski definition) is 5. The van der Waals surface area contributed by atoms with Gasteiger partial charge in [-0.25, -0.2) is 22.7 Å². The molecule has 118 valence electrons. The molecule has 1 aliphatic heterocycles. The summed E-state index contributed by atoms with van der Waals surface area (Å²) in [7, 11) is -1.43. The molecule has 0 spiro atoms. The van der Waals surface area contributed by atoms with Crippen LogP contribution in [0.1, 0.15) is 24.4 Å². The number of piperidine rings is 1. The Labute approximate surface area is 127 Å². The molecular formula is C14H24N4O2S. The Kier molecular flexibility index (Phi) is 4.83. The highest BCUT2D eigenvalue weighted by Gasteiger charge is 2.24. The first-order chi connectivity index (χ1) is 9.75. The average Bonchev–Trinajstić information content (AvgIpc) is 2.37. The maximum absolute atomic E-state index is 11.5. The Balaban J connectivity index is 1.94. The summed E-state index contributed by atoms with van der Waals surface area (Å²) in [5.74, 6) is 2.20. The minimum Gasteiger partial charge on any atom is -0.356 e. The van der Waals surface area contributed by atoms with Crippen LogP contribution < -0.4 is 4.90 Å². The predicted molar refractivity (Wildman–Crippen MR) is 83.9 cm³/mol. The Morgan fingerprint density at radius 1 is 1.29 bits per heavy atom. The SMILES string of the molecule is Cc1cc(N2CCC(CN(C)S(C)(=O)=O)CC2)nc(C)n1. The maximum atomic E-state index is 11.5. The summed E-state index contributed by atoms with van der Waals surface area (Å²) in [4.78, 5) is 11.1. The standard InChI is InChI=1S/C14H24N4O2S/c1-11-9-14(16-12(2)15-11)18-7-5-13(6-8-18)10-17(3)21(4,19)20/h9,13H,5-8,10H2,1-4H3. The third kappa shape index (κ3) is 4.38. The highest BCUT2D eigenvalue weighted by molar-refractivity contribution is 7.88. The summed E-state index contributed by atoms with van der Waals surface area (Å²) in [6.45, 7) is 6.32. The van der Waals surface area contributed by atoms with Crippen molar-refractivity contribution in [1.82, 2.24) is 14.3 Å². The summed E-state index contributed by atoms with van der Waals surface area (Å²) in [6.07, 6.45) is 3.23. The fourth-order valence-electron chi connectivity index (χ4n) is 2.70. The minimum atomic E-state index is -3.08. The minimum absolute atomic E-state index is 0.421. The summed E-state index contributed by atoms with van der Waals surface area (Å²) in [5.41, 5.74) is 0.983. The van der Waals surface area contributed by atoms with Crippen LogP contribution in [0.3, 0.4) is 0 Å². The zero-order chi connectivity index (χ0) is 15.6. The van der Waals surface area contributed by atoms with Gasteiger partial charge in [0.1, 0.15) is 11.6 Å². The van der Waals surface area contributed by atoms with E-state index < -0.39 is 10.0 Å². The number of aromatic nitrogens is 2. The van der Waals surface area contributed by atoms with Crippen molar-refractivity contribution in [2.45, 2.75) is 26.7 Å². The second-order valence-electron chi connectivity index (χ2n) is 5.89. The lowest BCUT2D eigenvalue weighted by Gasteiger charge is -2.34. The van der Waals surface area contributed by atoms with E-state index in [0.717, 1.165) is 43.3 Å². The molecule has 7 heteroatoms. The van der Waals surface area contributed by atoms with E-state index in [2.05, 4.69) is 14.9 Å². The second-order valence-corrected chi connectivity index (χ2v) is 7.98. The molecular weight excluding hydrogens is 288 g/mol. The van der Waals surface area contributed by atoms with Crippen LogP contribution in [0.4, 0.5) is 5.82 Å². The Hall–Kier alpha value is -1.21. The summed E-state index contributed by atoms with van der Waals surface area (Å²) in [5, 5.41) is 0. The first-order valence-corrected chi connectivity index (χ1v) is 9.09. The molecule has 2 rings (SSSR count). The summed E-state index contributed by atoms with van der Waals surface area (Å²) < 4.78 is 24.4. The van der Waals surface area contributed by atoms with Gasteiger partial charge in [-0.1, -0.05) is 0 Å². The highest BCUT2D eigenvalue weighted by Crippen LogP contribution is 2.23. The van der Waals surface area contributed by atoms with Crippen molar-refractivity contribution in [2.75, 3.05) is 37.8 Å². The van der Waals surface area contributed by atoms with Crippen LogP contribution in [0.25, 0.3) is 0 Å². The van der Waals surface area contributed by atoms with E-state index in [0.29, 0.717) is 12.5 Å². The molecule has 0 bridgehead atoms.